The summed E-state index contributed by atoms with van der Waals surface area (Å²) in [6.45, 7) is 0.666. The molecule has 1 heterocycles. The van der Waals surface area contributed by atoms with Crippen molar-refractivity contribution in [3.8, 4) is 0 Å². The van der Waals surface area contributed by atoms with Crippen LogP contribution in [0.4, 0.5) is 4.39 Å². The first-order valence-electron chi connectivity index (χ1n) is 7.85. The lowest BCUT2D eigenvalue weighted by Gasteiger charge is -2.25. The summed E-state index contributed by atoms with van der Waals surface area (Å²) in [5.41, 5.74) is 1.87. The van der Waals surface area contributed by atoms with E-state index in [1.54, 1.807) is 41.3 Å². The number of hydrogen-bond donors (Lipinski definition) is 0. The summed E-state index contributed by atoms with van der Waals surface area (Å²) < 4.78 is 17.8. The molecule has 3 rings (SSSR count). The summed E-state index contributed by atoms with van der Waals surface area (Å²) in [5, 5.41) is 0. The minimum atomic E-state index is -0.431. The van der Waals surface area contributed by atoms with E-state index in [9.17, 15) is 14.0 Å². The van der Waals surface area contributed by atoms with E-state index in [2.05, 4.69) is 4.74 Å². The fraction of sp³-hybridized carbons (Fsp3) is 0.263. The Bertz CT molecular complexity index is 740. The molecule has 0 spiro atoms. The van der Waals surface area contributed by atoms with E-state index in [4.69, 9.17) is 0 Å². The molecule has 1 aliphatic heterocycles. The lowest BCUT2D eigenvalue weighted by molar-refractivity contribution is 0.0599. The zero-order valence-electron chi connectivity index (χ0n) is 13.4. The first kappa shape index (κ1) is 16.2. The Morgan fingerprint density at radius 2 is 1.67 bits per heavy atom. The number of ether oxygens (including phenoxy) is 1. The molecule has 2 aromatic rings. The lowest BCUT2D eigenvalue weighted by atomic mass is 10.0. The van der Waals surface area contributed by atoms with Crippen molar-refractivity contribution in [1.82, 2.24) is 4.90 Å². The monoisotopic (exact) mass is 327 g/mol. The molecular weight excluding hydrogens is 309 g/mol. The van der Waals surface area contributed by atoms with Crippen molar-refractivity contribution in [3.63, 3.8) is 0 Å². The first-order valence-corrected chi connectivity index (χ1v) is 7.85. The third-order valence-electron chi connectivity index (χ3n) is 4.32. The van der Waals surface area contributed by atoms with Gasteiger partial charge in [0.15, 0.2) is 0 Å². The molecule has 2 aromatic carbocycles. The highest BCUT2D eigenvalue weighted by molar-refractivity contribution is 5.96. The average Bonchev–Trinajstić information content (AvgIpc) is 3.11. The van der Waals surface area contributed by atoms with Gasteiger partial charge in [-0.3, -0.25) is 4.79 Å². The predicted molar refractivity (Wildman–Crippen MR) is 87.2 cm³/mol. The largest absolute Gasteiger partial charge is 0.465 e. The molecule has 0 N–H and O–H groups in total. The Kier molecular flexibility index (Phi) is 4.60. The van der Waals surface area contributed by atoms with Crippen molar-refractivity contribution >= 4 is 11.9 Å². The van der Waals surface area contributed by atoms with Gasteiger partial charge in [-0.05, 0) is 54.8 Å². The number of carbonyl (C=O) groups excluding carboxylic acids is 2. The summed E-state index contributed by atoms with van der Waals surface area (Å²) in [4.78, 5) is 26.1. The van der Waals surface area contributed by atoms with Crippen LogP contribution in [0.15, 0.2) is 48.5 Å². The Balaban J connectivity index is 1.80. The van der Waals surface area contributed by atoms with Crippen LogP contribution in [0.1, 0.15) is 45.2 Å². The van der Waals surface area contributed by atoms with E-state index in [-0.39, 0.29) is 17.8 Å². The quantitative estimate of drug-likeness (QED) is 0.810. The van der Waals surface area contributed by atoms with E-state index in [0.717, 1.165) is 18.4 Å². The molecule has 0 bridgehead atoms. The van der Waals surface area contributed by atoms with Gasteiger partial charge in [0.25, 0.3) is 5.91 Å². The van der Waals surface area contributed by atoms with Crippen LogP contribution in [0.2, 0.25) is 0 Å². The number of esters is 1. The third kappa shape index (κ3) is 3.15. The van der Waals surface area contributed by atoms with E-state index in [1.165, 1.54) is 19.2 Å². The molecule has 1 saturated heterocycles. The summed E-state index contributed by atoms with van der Waals surface area (Å²) in [7, 11) is 1.32. The zero-order valence-corrected chi connectivity index (χ0v) is 13.4. The Labute approximate surface area is 139 Å². The highest BCUT2D eigenvalue weighted by Crippen LogP contribution is 2.33. The van der Waals surface area contributed by atoms with E-state index in [0.29, 0.717) is 17.7 Å². The molecule has 0 aliphatic carbocycles. The number of nitrogens with zero attached hydrogens (tertiary/aromatic N) is 1. The van der Waals surface area contributed by atoms with Crippen molar-refractivity contribution in [1.29, 1.82) is 0 Å². The standard InChI is InChI=1S/C19H18FNO3/c1-24-19(23)15-6-4-14(5-7-15)18(22)21-12-2-3-17(21)13-8-10-16(20)11-9-13/h4-11,17H,2-3,12H2,1H3/t17-/m0/s1. The maximum atomic E-state index is 13.1. The van der Waals surface area contributed by atoms with Crippen LogP contribution in [-0.4, -0.2) is 30.4 Å². The molecule has 0 unspecified atom stereocenters. The number of halogens is 1. The van der Waals surface area contributed by atoms with Crippen LogP contribution in [0.3, 0.4) is 0 Å². The van der Waals surface area contributed by atoms with Gasteiger partial charge in [0.1, 0.15) is 5.82 Å². The van der Waals surface area contributed by atoms with Crippen LogP contribution in [0.5, 0.6) is 0 Å². The number of likely N-dealkylation sites (tertiary alicyclic amines) is 1. The molecule has 5 heteroatoms. The molecule has 4 nitrogen and oxygen atoms in total. The molecule has 0 radical (unpaired) electrons. The van der Waals surface area contributed by atoms with Gasteiger partial charge in [0.2, 0.25) is 0 Å². The Morgan fingerprint density at radius 3 is 2.29 bits per heavy atom. The molecule has 1 aliphatic rings. The normalized spacial score (nSPS) is 16.9. The highest BCUT2D eigenvalue weighted by atomic mass is 19.1. The molecule has 0 saturated carbocycles. The van der Waals surface area contributed by atoms with Gasteiger partial charge in [0.05, 0.1) is 18.7 Å². The fourth-order valence-corrected chi connectivity index (χ4v) is 3.07. The second kappa shape index (κ2) is 6.83. The van der Waals surface area contributed by atoms with Gasteiger partial charge in [-0.15, -0.1) is 0 Å². The molecule has 1 fully saturated rings. The summed E-state index contributed by atoms with van der Waals surface area (Å²) in [5.74, 6) is -0.800. The molecule has 124 valence electrons. The van der Waals surface area contributed by atoms with E-state index >= 15 is 0 Å². The zero-order chi connectivity index (χ0) is 17.1. The minimum absolute atomic E-state index is 0.0432. The summed E-state index contributed by atoms with van der Waals surface area (Å²) >= 11 is 0. The molecule has 1 atom stereocenters. The highest BCUT2D eigenvalue weighted by Gasteiger charge is 2.30. The van der Waals surface area contributed by atoms with Gasteiger partial charge in [0, 0.05) is 12.1 Å². The number of carbonyl (C=O) groups is 2. The van der Waals surface area contributed by atoms with Gasteiger partial charge in [-0.25, -0.2) is 9.18 Å². The second-order valence-corrected chi connectivity index (χ2v) is 5.78. The minimum Gasteiger partial charge on any atom is -0.465 e. The molecule has 24 heavy (non-hydrogen) atoms. The maximum Gasteiger partial charge on any atom is 0.337 e. The SMILES string of the molecule is COC(=O)c1ccc(C(=O)N2CCC[C@H]2c2ccc(F)cc2)cc1. The molecular formula is C19H18FNO3. The average molecular weight is 327 g/mol. The number of benzene rings is 2. The number of rotatable bonds is 3. The van der Waals surface area contributed by atoms with E-state index < -0.39 is 5.97 Å². The number of amides is 1. The maximum absolute atomic E-state index is 13.1. The Hall–Kier alpha value is -2.69. The predicted octanol–water partition coefficient (Wildman–Crippen LogP) is 3.59. The van der Waals surface area contributed by atoms with Crippen molar-refractivity contribution < 1.29 is 18.7 Å². The van der Waals surface area contributed by atoms with Gasteiger partial charge >= 0.3 is 5.97 Å². The summed E-state index contributed by atoms with van der Waals surface area (Å²) in [6.07, 6.45) is 1.77. The van der Waals surface area contributed by atoms with Crippen molar-refractivity contribution in [3.05, 3.63) is 71.0 Å². The van der Waals surface area contributed by atoms with Crippen LogP contribution in [-0.2, 0) is 4.74 Å². The topological polar surface area (TPSA) is 46.6 Å². The first-order chi connectivity index (χ1) is 11.6. The van der Waals surface area contributed by atoms with Crippen LogP contribution >= 0.6 is 0 Å². The smallest absolute Gasteiger partial charge is 0.337 e. The molecule has 1 amide bonds. The summed E-state index contributed by atoms with van der Waals surface area (Å²) in [6, 6.07) is 12.7. The number of hydrogen-bond acceptors (Lipinski definition) is 3. The van der Waals surface area contributed by atoms with Crippen molar-refractivity contribution in [2.24, 2.45) is 0 Å². The van der Waals surface area contributed by atoms with Crippen molar-refractivity contribution in [2.75, 3.05) is 13.7 Å². The Morgan fingerprint density at radius 1 is 1.04 bits per heavy atom. The van der Waals surface area contributed by atoms with Crippen LogP contribution in [0, 0.1) is 5.82 Å². The van der Waals surface area contributed by atoms with Gasteiger partial charge < -0.3 is 9.64 Å². The van der Waals surface area contributed by atoms with E-state index in [1.807, 2.05) is 0 Å². The third-order valence-corrected chi connectivity index (χ3v) is 4.32. The number of methoxy groups -OCH3 is 1. The second-order valence-electron chi connectivity index (χ2n) is 5.78. The molecule has 0 aromatic heterocycles. The van der Waals surface area contributed by atoms with Gasteiger partial charge in [-0.2, -0.15) is 0 Å². The van der Waals surface area contributed by atoms with Crippen molar-refractivity contribution in [2.45, 2.75) is 18.9 Å². The van der Waals surface area contributed by atoms with Gasteiger partial charge in [-0.1, -0.05) is 12.1 Å². The van der Waals surface area contributed by atoms with Crippen LogP contribution in [0.25, 0.3) is 0 Å². The lowest BCUT2D eigenvalue weighted by Crippen LogP contribution is -2.30. The fourth-order valence-electron chi connectivity index (χ4n) is 3.07. The van der Waals surface area contributed by atoms with Crippen LogP contribution < -0.4 is 0 Å².